The first kappa shape index (κ1) is 20.2. The second kappa shape index (κ2) is 7.75. The first-order valence-electron chi connectivity index (χ1n) is 10.5. The summed E-state index contributed by atoms with van der Waals surface area (Å²) in [6.45, 7) is 3.14. The lowest BCUT2D eigenvalue weighted by atomic mass is 10.0. The number of hydrogen-bond acceptors (Lipinski definition) is 4. The van der Waals surface area contributed by atoms with Crippen LogP contribution in [0.25, 0.3) is 10.8 Å². The molecule has 1 aliphatic carbocycles. The van der Waals surface area contributed by atoms with Crippen molar-refractivity contribution in [1.82, 2.24) is 4.31 Å². The molecule has 1 aliphatic heterocycles. The summed E-state index contributed by atoms with van der Waals surface area (Å²) in [7, 11) is -3.69. The van der Waals surface area contributed by atoms with Gasteiger partial charge in [0.05, 0.1) is 18.1 Å². The Morgan fingerprint density at radius 3 is 2.52 bits per heavy atom. The second-order valence-electron chi connectivity index (χ2n) is 8.06. The van der Waals surface area contributed by atoms with E-state index >= 15 is 0 Å². The molecule has 1 fully saturated rings. The number of hydrogen-bond donors (Lipinski definition) is 1. The highest BCUT2D eigenvalue weighted by molar-refractivity contribution is 7.89. The van der Waals surface area contributed by atoms with Crippen molar-refractivity contribution in [3.8, 4) is 0 Å². The van der Waals surface area contributed by atoms with Crippen molar-refractivity contribution in [2.24, 2.45) is 0 Å². The van der Waals surface area contributed by atoms with Crippen molar-refractivity contribution in [2.75, 3.05) is 31.6 Å². The Hall–Kier alpha value is -2.74. The number of nitrogens with zero attached hydrogens (tertiary/aromatic N) is 1. The van der Waals surface area contributed by atoms with Crippen molar-refractivity contribution >= 4 is 32.4 Å². The summed E-state index contributed by atoms with van der Waals surface area (Å²) in [5.74, 6) is -0.322. The average molecular weight is 437 g/mol. The van der Waals surface area contributed by atoms with E-state index in [4.69, 9.17) is 4.74 Å². The minimum Gasteiger partial charge on any atom is -0.379 e. The predicted molar refractivity (Wildman–Crippen MR) is 120 cm³/mol. The van der Waals surface area contributed by atoms with Crippen molar-refractivity contribution in [1.29, 1.82) is 0 Å². The Bertz CT molecular complexity index is 1280. The van der Waals surface area contributed by atoms with Crippen LogP contribution in [0.15, 0.2) is 53.4 Å². The van der Waals surface area contributed by atoms with Crippen LogP contribution in [0.5, 0.6) is 0 Å². The van der Waals surface area contributed by atoms with E-state index in [1.807, 2.05) is 18.2 Å². The van der Waals surface area contributed by atoms with Gasteiger partial charge in [0.25, 0.3) is 5.91 Å². The van der Waals surface area contributed by atoms with Crippen LogP contribution < -0.4 is 5.32 Å². The molecule has 2 aliphatic rings. The Balaban J connectivity index is 1.47. The minimum absolute atomic E-state index is 0.169. The summed E-state index contributed by atoms with van der Waals surface area (Å²) < 4.78 is 33.0. The van der Waals surface area contributed by atoms with Crippen LogP contribution in [0.2, 0.25) is 0 Å². The van der Waals surface area contributed by atoms with Crippen molar-refractivity contribution in [2.45, 2.75) is 24.7 Å². The lowest BCUT2D eigenvalue weighted by Gasteiger charge is -2.26. The van der Waals surface area contributed by atoms with Gasteiger partial charge in [-0.3, -0.25) is 4.79 Å². The lowest BCUT2D eigenvalue weighted by molar-refractivity contribution is 0.0730. The van der Waals surface area contributed by atoms with E-state index < -0.39 is 10.0 Å². The van der Waals surface area contributed by atoms with Gasteiger partial charge in [-0.25, -0.2) is 8.42 Å². The van der Waals surface area contributed by atoms with E-state index in [-0.39, 0.29) is 10.8 Å². The number of carbonyl (C=O) groups excluding carboxylic acids is 1. The Kier molecular flexibility index (Phi) is 5.04. The molecule has 0 radical (unpaired) electrons. The number of amides is 1. The topological polar surface area (TPSA) is 75.7 Å². The largest absolute Gasteiger partial charge is 0.379 e. The van der Waals surface area contributed by atoms with Crippen LogP contribution >= 0.6 is 0 Å². The van der Waals surface area contributed by atoms with Crippen LogP contribution in [0.3, 0.4) is 0 Å². The van der Waals surface area contributed by atoms with Gasteiger partial charge in [0, 0.05) is 29.7 Å². The molecule has 1 heterocycles. The molecular weight excluding hydrogens is 412 g/mol. The number of nitrogens with one attached hydrogen (secondary N) is 1. The molecule has 1 amide bonds. The van der Waals surface area contributed by atoms with Gasteiger partial charge in [-0.15, -0.1) is 0 Å². The SMILES string of the molecule is Cc1ccc(C(=O)Nc2ccc3c4c(cccc24)CC3)cc1S(=O)(=O)N1CCOCC1. The highest BCUT2D eigenvalue weighted by atomic mass is 32.2. The monoisotopic (exact) mass is 436 g/mol. The molecule has 31 heavy (non-hydrogen) atoms. The van der Waals surface area contributed by atoms with Crippen LogP contribution in [0.1, 0.15) is 27.0 Å². The summed E-state index contributed by atoms with van der Waals surface area (Å²) in [5.41, 5.74) is 4.29. The van der Waals surface area contributed by atoms with Gasteiger partial charge in [-0.1, -0.05) is 30.3 Å². The average Bonchev–Trinajstić information content (AvgIpc) is 3.21. The highest BCUT2D eigenvalue weighted by Crippen LogP contribution is 2.35. The fourth-order valence-electron chi connectivity index (χ4n) is 4.50. The number of carbonyl (C=O) groups is 1. The minimum atomic E-state index is -3.69. The van der Waals surface area contributed by atoms with E-state index in [2.05, 4.69) is 17.4 Å². The van der Waals surface area contributed by atoms with Crippen LogP contribution in [-0.2, 0) is 27.6 Å². The van der Waals surface area contributed by atoms with Gasteiger partial charge in [-0.2, -0.15) is 4.31 Å². The quantitative estimate of drug-likeness (QED) is 0.679. The molecule has 0 bridgehead atoms. The molecule has 3 aromatic rings. The van der Waals surface area contributed by atoms with Gasteiger partial charge in [0.1, 0.15) is 0 Å². The number of morpholine rings is 1. The molecule has 0 spiro atoms. The maximum atomic E-state index is 13.1. The zero-order valence-electron chi connectivity index (χ0n) is 17.3. The van der Waals surface area contributed by atoms with E-state index in [1.54, 1.807) is 19.1 Å². The summed E-state index contributed by atoms with van der Waals surface area (Å²) in [5, 5.41) is 5.24. The first-order valence-corrected chi connectivity index (χ1v) is 11.9. The van der Waals surface area contributed by atoms with Crippen LogP contribution in [0.4, 0.5) is 5.69 Å². The summed E-state index contributed by atoms with van der Waals surface area (Å²) in [6, 6.07) is 15.0. The highest BCUT2D eigenvalue weighted by Gasteiger charge is 2.28. The number of aryl methyl sites for hydroxylation is 3. The molecule has 160 valence electrons. The van der Waals surface area contributed by atoms with E-state index in [1.165, 1.54) is 26.9 Å². The molecular formula is C24H24N2O4S. The van der Waals surface area contributed by atoms with Gasteiger partial charge in [-0.05, 0) is 60.0 Å². The molecule has 6 nitrogen and oxygen atoms in total. The maximum absolute atomic E-state index is 13.1. The molecule has 5 rings (SSSR count). The molecule has 0 unspecified atom stereocenters. The van der Waals surface area contributed by atoms with E-state index in [0.29, 0.717) is 37.4 Å². The fraction of sp³-hybridized carbons (Fsp3) is 0.292. The Morgan fingerprint density at radius 2 is 1.74 bits per heavy atom. The summed E-state index contributed by atoms with van der Waals surface area (Å²) >= 11 is 0. The molecule has 0 atom stereocenters. The van der Waals surface area contributed by atoms with Gasteiger partial charge >= 0.3 is 0 Å². The molecule has 7 heteroatoms. The molecule has 1 N–H and O–H groups in total. The Morgan fingerprint density at radius 1 is 1.00 bits per heavy atom. The van der Waals surface area contributed by atoms with Crippen molar-refractivity contribution in [3.63, 3.8) is 0 Å². The summed E-state index contributed by atoms with van der Waals surface area (Å²) in [4.78, 5) is 13.2. The second-order valence-corrected chi connectivity index (χ2v) is 9.97. The molecule has 0 aromatic heterocycles. The Labute approximate surface area is 181 Å². The first-order chi connectivity index (χ1) is 14.9. The van der Waals surface area contributed by atoms with E-state index in [9.17, 15) is 13.2 Å². The maximum Gasteiger partial charge on any atom is 0.255 e. The van der Waals surface area contributed by atoms with Gasteiger partial charge in [0.2, 0.25) is 10.0 Å². The van der Waals surface area contributed by atoms with Gasteiger partial charge < -0.3 is 10.1 Å². The molecule has 0 saturated carbocycles. The zero-order valence-corrected chi connectivity index (χ0v) is 18.2. The standard InChI is InChI=1S/C24H24N2O4S/c1-16-5-6-19(15-22(16)31(28,29)26-11-13-30-14-12-26)24(27)25-21-10-9-18-8-7-17-3-2-4-20(21)23(17)18/h2-6,9-10,15H,7-8,11-14H2,1H3,(H,25,27). The smallest absolute Gasteiger partial charge is 0.255 e. The van der Waals surface area contributed by atoms with Gasteiger partial charge in [0.15, 0.2) is 0 Å². The number of sulfonamides is 1. The third-order valence-corrected chi connectivity index (χ3v) is 8.20. The number of ether oxygens (including phenoxy) is 1. The van der Waals surface area contributed by atoms with Crippen LogP contribution in [-0.4, -0.2) is 44.9 Å². The van der Waals surface area contributed by atoms with E-state index in [0.717, 1.165) is 23.9 Å². The van der Waals surface area contributed by atoms with Crippen LogP contribution in [0, 0.1) is 6.92 Å². The molecule has 3 aromatic carbocycles. The fourth-order valence-corrected chi connectivity index (χ4v) is 6.15. The number of rotatable bonds is 4. The predicted octanol–water partition coefficient (Wildman–Crippen LogP) is 3.52. The number of anilines is 1. The summed E-state index contributed by atoms with van der Waals surface area (Å²) in [6.07, 6.45) is 2.04. The lowest BCUT2D eigenvalue weighted by Crippen LogP contribution is -2.40. The third kappa shape index (κ3) is 3.52. The van der Waals surface area contributed by atoms with Crippen molar-refractivity contribution in [3.05, 3.63) is 70.8 Å². The van der Waals surface area contributed by atoms with Crippen molar-refractivity contribution < 1.29 is 17.9 Å². The zero-order chi connectivity index (χ0) is 21.6. The number of benzene rings is 3. The third-order valence-electron chi connectivity index (χ3n) is 6.16. The normalized spacial score (nSPS) is 16.5. The molecule has 1 saturated heterocycles.